The number of nitrogens with zero attached hydrogens (tertiary/aromatic N) is 8. The highest BCUT2D eigenvalue weighted by molar-refractivity contribution is 9.10. The number of amides is 1. The van der Waals surface area contributed by atoms with Crippen LogP contribution in [0.4, 0.5) is 0 Å². The first-order chi connectivity index (χ1) is 11.2. The van der Waals surface area contributed by atoms with Gasteiger partial charge < -0.3 is 4.90 Å². The summed E-state index contributed by atoms with van der Waals surface area (Å²) in [6, 6.07) is 5.52. The van der Waals surface area contributed by atoms with Crippen molar-refractivity contribution in [3.05, 3.63) is 46.0 Å². The molecule has 2 aliphatic rings. The lowest BCUT2D eigenvalue weighted by molar-refractivity contribution is -0.136. The zero-order valence-electron chi connectivity index (χ0n) is 11.7. The van der Waals surface area contributed by atoms with E-state index in [1.165, 1.54) is 0 Å². The Bertz CT molecular complexity index is 947. The van der Waals surface area contributed by atoms with Crippen molar-refractivity contribution >= 4 is 21.8 Å². The van der Waals surface area contributed by atoms with Crippen molar-refractivity contribution in [2.75, 3.05) is 0 Å². The smallest absolute Gasteiger partial charge is 0.245 e. The van der Waals surface area contributed by atoms with Gasteiger partial charge in [-0.2, -0.15) is 0 Å². The molecule has 1 atom stereocenters. The normalized spacial score (nSPS) is 18.7. The van der Waals surface area contributed by atoms with E-state index in [1.54, 1.807) is 20.5 Å². The fourth-order valence-corrected chi connectivity index (χ4v) is 3.57. The van der Waals surface area contributed by atoms with Crippen LogP contribution in [-0.4, -0.2) is 46.0 Å². The maximum Gasteiger partial charge on any atom is 0.245 e. The molecule has 1 unspecified atom stereocenters. The number of rotatable bonds is 0. The van der Waals surface area contributed by atoms with Crippen molar-refractivity contribution < 1.29 is 4.79 Å². The predicted molar refractivity (Wildman–Crippen MR) is 79.3 cm³/mol. The van der Waals surface area contributed by atoms with Crippen molar-refractivity contribution in [1.29, 1.82) is 0 Å². The van der Waals surface area contributed by atoms with Crippen LogP contribution in [-0.2, 0) is 17.9 Å². The predicted octanol–water partition coefficient (Wildman–Crippen LogP) is 0.461. The minimum Gasteiger partial charge on any atom is -0.321 e. The number of halogens is 1. The van der Waals surface area contributed by atoms with Gasteiger partial charge in [0, 0.05) is 10.0 Å². The molecule has 0 bridgehead atoms. The van der Waals surface area contributed by atoms with Crippen LogP contribution in [0.3, 0.4) is 0 Å². The molecule has 2 aromatic heterocycles. The molecule has 0 spiro atoms. The molecule has 4 heterocycles. The number of tetrazole rings is 1. The second-order valence-electron chi connectivity index (χ2n) is 5.46. The van der Waals surface area contributed by atoms with Crippen molar-refractivity contribution in [3.8, 4) is 5.69 Å². The molecule has 114 valence electrons. The van der Waals surface area contributed by atoms with Crippen LogP contribution in [0.2, 0.25) is 0 Å². The van der Waals surface area contributed by atoms with E-state index < -0.39 is 0 Å². The summed E-state index contributed by atoms with van der Waals surface area (Å²) in [4.78, 5) is 14.4. The Hall–Kier alpha value is -2.62. The van der Waals surface area contributed by atoms with Crippen LogP contribution in [0.5, 0.6) is 0 Å². The van der Waals surface area contributed by atoms with Crippen molar-refractivity contribution in [3.63, 3.8) is 0 Å². The molecule has 9 nitrogen and oxygen atoms in total. The van der Waals surface area contributed by atoms with Gasteiger partial charge in [0.2, 0.25) is 5.91 Å². The minimum absolute atomic E-state index is 0.0321. The number of carbonyl (C=O) groups excluding carboxylic acids is 1. The zero-order valence-corrected chi connectivity index (χ0v) is 13.3. The Labute approximate surface area is 138 Å². The highest BCUT2D eigenvalue weighted by Gasteiger charge is 2.40. The number of aromatic nitrogens is 7. The van der Waals surface area contributed by atoms with Gasteiger partial charge in [-0.25, -0.2) is 9.36 Å². The SMILES string of the molecule is O=C1Cn2nnnc2C2c3cc(Br)ccc3-n3nncc3CN12. The summed E-state index contributed by atoms with van der Waals surface area (Å²) in [6.07, 6.45) is 1.68. The molecule has 1 aromatic carbocycles. The molecule has 0 fully saturated rings. The number of carbonyl (C=O) groups is 1. The van der Waals surface area contributed by atoms with Gasteiger partial charge in [-0.1, -0.05) is 21.1 Å². The summed E-state index contributed by atoms with van der Waals surface area (Å²) in [5.74, 6) is 0.623. The van der Waals surface area contributed by atoms with Gasteiger partial charge in [-0.3, -0.25) is 4.79 Å². The first-order valence-corrected chi connectivity index (χ1v) is 7.76. The summed E-state index contributed by atoms with van der Waals surface area (Å²) in [5, 5.41) is 19.9. The molecule has 0 N–H and O–H groups in total. The molecule has 0 aliphatic carbocycles. The van der Waals surface area contributed by atoms with Gasteiger partial charge >= 0.3 is 0 Å². The third-order valence-electron chi connectivity index (χ3n) is 4.19. The van der Waals surface area contributed by atoms with E-state index in [0.717, 1.165) is 21.4 Å². The Kier molecular flexibility index (Phi) is 2.49. The average Bonchev–Trinajstić information content (AvgIpc) is 3.15. The molecule has 0 saturated carbocycles. The van der Waals surface area contributed by atoms with Crippen molar-refractivity contribution in [2.45, 2.75) is 19.1 Å². The maximum atomic E-state index is 12.6. The number of benzene rings is 1. The molecular formula is C13H9BrN8O. The molecule has 5 rings (SSSR count). The van der Waals surface area contributed by atoms with Crippen molar-refractivity contribution in [2.24, 2.45) is 0 Å². The van der Waals surface area contributed by atoms with Gasteiger partial charge in [0.15, 0.2) is 5.82 Å². The van der Waals surface area contributed by atoms with Crippen molar-refractivity contribution in [1.82, 2.24) is 40.1 Å². The fourth-order valence-electron chi connectivity index (χ4n) is 3.19. The molecule has 0 radical (unpaired) electrons. The van der Waals surface area contributed by atoms with Gasteiger partial charge in [0.1, 0.15) is 12.6 Å². The third-order valence-corrected chi connectivity index (χ3v) is 4.68. The van der Waals surface area contributed by atoms with Gasteiger partial charge in [0.25, 0.3) is 0 Å². The van der Waals surface area contributed by atoms with Crippen LogP contribution < -0.4 is 0 Å². The highest BCUT2D eigenvalue weighted by atomic mass is 79.9. The van der Waals surface area contributed by atoms with Gasteiger partial charge in [0.05, 0.1) is 24.1 Å². The fraction of sp³-hybridized carbons (Fsp3) is 0.231. The Balaban J connectivity index is 1.84. The lowest BCUT2D eigenvalue weighted by Gasteiger charge is -2.33. The molecule has 2 aliphatic heterocycles. The van der Waals surface area contributed by atoms with Crippen LogP contribution in [0.25, 0.3) is 5.69 Å². The van der Waals surface area contributed by atoms with E-state index in [1.807, 2.05) is 18.2 Å². The third kappa shape index (κ3) is 1.72. The standard InChI is InChI=1S/C13H9BrN8O/c14-7-1-2-10-9(3-7)12-13-16-17-19-21(13)6-11(23)20(12)5-8-4-15-18-22(8)10/h1-4,12H,5-6H2. The molecule has 3 aromatic rings. The molecule has 10 heteroatoms. The van der Waals surface area contributed by atoms with Crippen LogP contribution >= 0.6 is 15.9 Å². The molecule has 1 amide bonds. The van der Waals surface area contributed by atoms with Gasteiger partial charge in [-0.05, 0) is 28.6 Å². The summed E-state index contributed by atoms with van der Waals surface area (Å²) in [7, 11) is 0. The van der Waals surface area contributed by atoms with E-state index >= 15 is 0 Å². The summed E-state index contributed by atoms with van der Waals surface area (Å²) < 4.78 is 4.24. The van der Waals surface area contributed by atoms with E-state index in [4.69, 9.17) is 0 Å². The van der Waals surface area contributed by atoms with E-state index in [0.29, 0.717) is 12.4 Å². The first-order valence-electron chi connectivity index (χ1n) is 6.97. The minimum atomic E-state index is -0.347. The lowest BCUT2D eigenvalue weighted by Crippen LogP contribution is -2.42. The average molecular weight is 373 g/mol. The maximum absolute atomic E-state index is 12.6. The highest BCUT2D eigenvalue weighted by Crippen LogP contribution is 2.38. The number of hydrogen-bond donors (Lipinski definition) is 0. The van der Waals surface area contributed by atoms with Gasteiger partial charge in [-0.15, -0.1) is 10.2 Å². The summed E-state index contributed by atoms with van der Waals surface area (Å²) >= 11 is 3.50. The molecular weight excluding hydrogens is 364 g/mol. The summed E-state index contributed by atoms with van der Waals surface area (Å²) in [5.41, 5.74) is 2.63. The molecule has 0 saturated heterocycles. The first kappa shape index (κ1) is 12.9. The lowest BCUT2D eigenvalue weighted by atomic mass is 10.0. The number of fused-ring (bicyclic) bond motifs is 7. The summed E-state index contributed by atoms with van der Waals surface area (Å²) in [6.45, 7) is 0.555. The van der Waals surface area contributed by atoms with E-state index in [2.05, 4.69) is 41.8 Å². The Morgan fingerprint density at radius 2 is 2.13 bits per heavy atom. The van der Waals surface area contributed by atoms with E-state index in [9.17, 15) is 4.79 Å². The largest absolute Gasteiger partial charge is 0.321 e. The van der Waals surface area contributed by atoms with Crippen LogP contribution in [0.15, 0.2) is 28.9 Å². The molecule has 23 heavy (non-hydrogen) atoms. The Morgan fingerprint density at radius 1 is 1.22 bits per heavy atom. The number of hydrogen-bond acceptors (Lipinski definition) is 6. The topological polar surface area (TPSA) is 94.6 Å². The monoisotopic (exact) mass is 372 g/mol. The quantitative estimate of drug-likeness (QED) is 0.568. The second kappa shape index (κ2) is 4.44. The van der Waals surface area contributed by atoms with Crippen LogP contribution in [0.1, 0.15) is 23.1 Å². The van der Waals surface area contributed by atoms with E-state index in [-0.39, 0.29) is 18.5 Å². The second-order valence-corrected chi connectivity index (χ2v) is 6.37. The van der Waals surface area contributed by atoms with Crippen LogP contribution in [0, 0.1) is 0 Å². The Morgan fingerprint density at radius 3 is 3.04 bits per heavy atom. The zero-order chi connectivity index (χ0) is 15.6.